The highest BCUT2D eigenvalue weighted by atomic mass is 35.5. The van der Waals surface area contributed by atoms with Crippen molar-refractivity contribution in [1.82, 2.24) is 0 Å². The summed E-state index contributed by atoms with van der Waals surface area (Å²) in [5, 5.41) is 4.20. The van der Waals surface area contributed by atoms with Crippen LogP contribution in [0.5, 0.6) is 0 Å². The molecule has 3 rings (SSSR count). The Morgan fingerprint density at radius 2 is 1.57 bits per heavy atom. The highest BCUT2D eigenvalue weighted by Crippen LogP contribution is 2.43. The minimum absolute atomic E-state index is 0. The molecule has 148 valence electrons. The molecule has 0 saturated heterocycles. The van der Waals surface area contributed by atoms with Crippen molar-refractivity contribution >= 4 is 41.6 Å². The maximum Gasteiger partial charge on any atom is 0.0629 e. The van der Waals surface area contributed by atoms with Crippen LogP contribution in [0.25, 0.3) is 0 Å². The molecule has 0 aromatic heterocycles. The lowest BCUT2D eigenvalue weighted by Crippen LogP contribution is -2.25. The van der Waals surface area contributed by atoms with Gasteiger partial charge in [-0.3, -0.25) is 4.99 Å². The third kappa shape index (κ3) is 5.98. The maximum atomic E-state index is 6.78. The maximum absolute atomic E-state index is 6.78. The average molecular weight is 415 g/mol. The van der Waals surface area contributed by atoms with E-state index in [2.05, 4.69) is 43.2 Å². The molecule has 0 fully saturated rings. The Morgan fingerprint density at radius 3 is 2.18 bits per heavy atom. The molecule has 2 aromatic rings. The summed E-state index contributed by atoms with van der Waals surface area (Å²) >= 11 is 6.78. The lowest BCUT2D eigenvalue weighted by atomic mass is 9.71. The van der Waals surface area contributed by atoms with Crippen molar-refractivity contribution in [1.29, 1.82) is 0 Å². The summed E-state index contributed by atoms with van der Waals surface area (Å²) in [5.41, 5.74) is 4.45. The minimum Gasteiger partial charge on any atom is -0.361 e. The number of rotatable bonds is 4. The lowest BCUT2D eigenvalue weighted by Gasteiger charge is -2.35. The first-order valence-corrected chi connectivity index (χ1v) is 9.80. The topological polar surface area (TPSA) is 24.4 Å². The van der Waals surface area contributed by atoms with Crippen LogP contribution in [0, 0.1) is 11.3 Å². The van der Waals surface area contributed by atoms with E-state index in [0.29, 0.717) is 5.92 Å². The van der Waals surface area contributed by atoms with Crippen molar-refractivity contribution in [3.05, 3.63) is 83.0 Å². The van der Waals surface area contributed by atoms with Gasteiger partial charge in [-0.05, 0) is 59.6 Å². The first-order chi connectivity index (χ1) is 12.9. The van der Waals surface area contributed by atoms with Gasteiger partial charge in [-0.25, -0.2) is 0 Å². The molecule has 2 aromatic carbocycles. The minimum atomic E-state index is 0. The summed E-state index contributed by atoms with van der Waals surface area (Å²) in [6.45, 7) is 6.89. The number of anilines is 1. The van der Waals surface area contributed by atoms with Gasteiger partial charge in [-0.15, -0.1) is 12.4 Å². The number of nitrogens with one attached hydrogen (secondary N) is 1. The summed E-state index contributed by atoms with van der Waals surface area (Å²) in [7, 11) is 0. The third-order valence-electron chi connectivity index (χ3n) is 5.03. The highest BCUT2D eigenvalue weighted by Gasteiger charge is 2.31. The Morgan fingerprint density at radius 1 is 0.964 bits per heavy atom. The fourth-order valence-electron chi connectivity index (χ4n) is 3.20. The van der Waals surface area contributed by atoms with Crippen LogP contribution in [0.15, 0.2) is 88.0 Å². The van der Waals surface area contributed by atoms with E-state index in [4.69, 9.17) is 11.6 Å². The molecule has 2 nitrogen and oxygen atoms in total. The fraction of sp³-hybridized carbons (Fsp3) is 0.292. The van der Waals surface area contributed by atoms with Crippen LogP contribution in [0.1, 0.15) is 33.6 Å². The number of nitrogens with zero attached hydrogens (tertiary/aromatic N) is 1. The molecule has 1 N–H and O–H groups in total. The quantitative estimate of drug-likeness (QED) is 0.507. The molecule has 1 aliphatic rings. The molecule has 0 saturated carbocycles. The van der Waals surface area contributed by atoms with Gasteiger partial charge < -0.3 is 5.32 Å². The third-order valence-corrected chi connectivity index (χ3v) is 5.52. The van der Waals surface area contributed by atoms with Crippen molar-refractivity contribution in [2.24, 2.45) is 16.3 Å². The molecule has 0 radical (unpaired) electrons. The number of aliphatic imine (C=N–C) groups is 1. The first-order valence-electron chi connectivity index (χ1n) is 9.42. The standard InChI is InChI=1S/C24H27ClN2.ClH/c1-24(2,3)20-14-18(16-26-21-10-6-4-7-11-21)23(25)19(15-20)17-27-22-12-8-5-9-13-22;/h4-13,16-17,20,26H,14-15H2,1-3H3;1H/b18-16+,27-17+;. The van der Waals surface area contributed by atoms with Crippen LogP contribution in [0.2, 0.25) is 0 Å². The van der Waals surface area contributed by atoms with Gasteiger partial charge in [-0.2, -0.15) is 0 Å². The van der Waals surface area contributed by atoms with Gasteiger partial charge in [0.05, 0.1) is 5.69 Å². The summed E-state index contributed by atoms with van der Waals surface area (Å²) in [4.78, 5) is 4.63. The second-order valence-electron chi connectivity index (χ2n) is 8.08. The Hall–Kier alpha value is -2.03. The average Bonchev–Trinajstić information content (AvgIpc) is 2.67. The predicted molar refractivity (Wildman–Crippen MR) is 125 cm³/mol. The monoisotopic (exact) mass is 414 g/mol. The summed E-state index contributed by atoms with van der Waals surface area (Å²) in [5.74, 6) is 0.515. The van der Waals surface area contributed by atoms with E-state index in [1.54, 1.807) is 0 Å². The molecule has 1 unspecified atom stereocenters. The van der Waals surface area contributed by atoms with Crippen LogP contribution in [0.3, 0.4) is 0 Å². The Kier molecular flexibility index (Phi) is 7.91. The van der Waals surface area contributed by atoms with Gasteiger partial charge in [-0.1, -0.05) is 68.8 Å². The van der Waals surface area contributed by atoms with Crippen molar-refractivity contribution in [2.75, 3.05) is 5.32 Å². The Bertz CT molecular complexity index is 847. The zero-order valence-corrected chi connectivity index (χ0v) is 18.2. The Balaban J connectivity index is 0.00000280. The molecule has 28 heavy (non-hydrogen) atoms. The second-order valence-corrected chi connectivity index (χ2v) is 8.46. The molecular weight excluding hydrogens is 387 g/mol. The van der Waals surface area contributed by atoms with Crippen molar-refractivity contribution < 1.29 is 0 Å². The zero-order valence-electron chi connectivity index (χ0n) is 16.7. The van der Waals surface area contributed by atoms with E-state index >= 15 is 0 Å². The van der Waals surface area contributed by atoms with Crippen LogP contribution in [-0.4, -0.2) is 6.21 Å². The van der Waals surface area contributed by atoms with Gasteiger partial charge in [0.1, 0.15) is 0 Å². The van der Waals surface area contributed by atoms with Crippen molar-refractivity contribution in [3.8, 4) is 0 Å². The highest BCUT2D eigenvalue weighted by molar-refractivity contribution is 6.33. The number of para-hydroxylation sites is 2. The van der Waals surface area contributed by atoms with E-state index in [0.717, 1.165) is 40.4 Å². The number of benzene rings is 2. The fourth-order valence-corrected chi connectivity index (χ4v) is 3.46. The van der Waals surface area contributed by atoms with E-state index in [1.807, 2.05) is 60.9 Å². The van der Waals surface area contributed by atoms with Crippen LogP contribution in [0.4, 0.5) is 11.4 Å². The summed E-state index contributed by atoms with van der Waals surface area (Å²) in [6.07, 6.45) is 5.89. The van der Waals surface area contributed by atoms with Gasteiger partial charge in [0, 0.05) is 23.1 Å². The molecule has 0 amide bonds. The number of halogens is 2. The van der Waals surface area contributed by atoms with E-state index in [1.165, 1.54) is 0 Å². The number of hydrogen-bond acceptors (Lipinski definition) is 2. The van der Waals surface area contributed by atoms with Crippen molar-refractivity contribution in [2.45, 2.75) is 33.6 Å². The molecular formula is C24H28Cl2N2. The van der Waals surface area contributed by atoms with E-state index < -0.39 is 0 Å². The summed E-state index contributed by atoms with van der Waals surface area (Å²) in [6, 6.07) is 20.2. The Labute approximate surface area is 179 Å². The molecule has 0 heterocycles. The van der Waals surface area contributed by atoms with E-state index in [-0.39, 0.29) is 17.8 Å². The normalized spacial score (nSPS) is 19.0. The van der Waals surface area contributed by atoms with Gasteiger partial charge in [0.25, 0.3) is 0 Å². The van der Waals surface area contributed by atoms with Gasteiger partial charge >= 0.3 is 0 Å². The van der Waals surface area contributed by atoms with Crippen LogP contribution in [-0.2, 0) is 0 Å². The summed E-state index contributed by atoms with van der Waals surface area (Å²) < 4.78 is 0. The predicted octanol–water partition coefficient (Wildman–Crippen LogP) is 7.76. The molecule has 1 aliphatic carbocycles. The molecule has 4 heteroatoms. The van der Waals surface area contributed by atoms with E-state index in [9.17, 15) is 0 Å². The van der Waals surface area contributed by atoms with Crippen molar-refractivity contribution in [3.63, 3.8) is 0 Å². The lowest BCUT2D eigenvalue weighted by molar-refractivity contribution is 0.235. The smallest absolute Gasteiger partial charge is 0.0629 e. The molecule has 0 spiro atoms. The second kappa shape index (κ2) is 9.95. The molecule has 0 bridgehead atoms. The van der Waals surface area contributed by atoms with Gasteiger partial charge in [0.2, 0.25) is 0 Å². The number of hydrogen-bond donors (Lipinski definition) is 1. The van der Waals surface area contributed by atoms with Crippen LogP contribution < -0.4 is 5.32 Å². The zero-order chi connectivity index (χ0) is 19.3. The first kappa shape index (κ1) is 22.3. The molecule has 0 aliphatic heterocycles. The van der Waals surface area contributed by atoms with Crippen LogP contribution >= 0.6 is 24.0 Å². The largest absolute Gasteiger partial charge is 0.361 e. The SMILES string of the molecule is CC(C)(C)C1CC(/C=N/c2ccccc2)=C(Cl)C(=C/Nc2ccccc2)/C1.Cl. The van der Waals surface area contributed by atoms with Gasteiger partial charge in [0.15, 0.2) is 0 Å². The number of allylic oxidation sites excluding steroid dienone is 3. The molecule has 1 atom stereocenters.